The molecule has 1 N–H and O–H groups in total. The summed E-state index contributed by atoms with van der Waals surface area (Å²) < 4.78 is 14.1. The van der Waals surface area contributed by atoms with Gasteiger partial charge in [-0.15, -0.1) is 0 Å². The lowest BCUT2D eigenvalue weighted by atomic mass is 9.88. The monoisotopic (exact) mass is 338 g/mol. The SMILES string of the molecule is CN1CCC2(CCC(C)(c3cccc(-c4ccccc4F)c3)N2)C1=O. The van der Waals surface area contributed by atoms with E-state index in [2.05, 4.69) is 18.3 Å². The first-order valence-electron chi connectivity index (χ1n) is 8.84. The van der Waals surface area contributed by atoms with E-state index in [-0.39, 0.29) is 17.3 Å². The third kappa shape index (κ3) is 2.56. The second-order valence-corrected chi connectivity index (χ2v) is 7.58. The fraction of sp³-hybridized carbons (Fsp3) is 0.381. The molecule has 0 saturated carbocycles. The zero-order chi connectivity index (χ0) is 17.7. The minimum atomic E-state index is -0.433. The molecule has 2 aliphatic rings. The van der Waals surface area contributed by atoms with Gasteiger partial charge in [0.2, 0.25) is 5.91 Å². The molecule has 25 heavy (non-hydrogen) atoms. The Morgan fingerprint density at radius 3 is 2.60 bits per heavy atom. The van der Waals surface area contributed by atoms with Gasteiger partial charge in [-0.3, -0.25) is 10.1 Å². The van der Waals surface area contributed by atoms with Crippen molar-refractivity contribution in [1.29, 1.82) is 0 Å². The predicted molar refractivity (Wildman–Crippen MR) is 96.5 cm³/mol. The Hall–Kier alpha value is -2.20. The molecule has 2 saturated heterocycles. The number of hydrogen-bond donors (Lipinski definition) is 1. The molecule has 3 nitrogen and oxygen atoms in total. The quantitative estimate of drug-likeness (QED) is 0.906. The number of carbonyl (C=O) groups excluding carboxylic acids is 1. The summed E-state index contributed by atoms with van der Waals surface area (Å²) in [6, 6.07) is 14.9. The van der Waals surface area contributed by atoms with E-state index in [1.54, 1.807) is 12.1 Å². The Labute approximate surface area is 147 Å². The van der Waals surface area contributed by atoms with E-state index < -0.39 is 5.54 Å². The first-order chi connectivity index (χ1) is 11.9. The molecule has 0 aliphatic carbocycles. The lowest BCUT2D eigenvalue weighted by Gasteiger charge is -2.31. The van der Waals surface area contributed by atoms with Crippen molar-refractivity contribution < 1.29 is 9.18 Å². The normalized spacial score (nSPS) is 28.9. The molecule has 2 aromatic carbocycles. The van der Waals surface area contributed by atoms with Crippen LogP contribution in [-0.2, 0) is 10.3 Å². The van der Waals surface area contributed by atoms with Gasteiger partial charge in [0, 0.05) is 24.7 Å². The second kappa shape index (κ2) is 5.67. The number of likely N-dealkylation sites (N-methyl/N-ethyl adjacent to an activating group) is 1. The van der Waals surface area contributed by atoms with Crippen LogP contribution in [-0.4, -0.2) is 29.9 Å². The van der Waals surface area contributed by atoms with Crippen molar-refractivity contribution in [2.24, 2.45) is 0 Å². The summed E-state index contributed by atoms with van der Waals surface area (Å²) in [5.41, 5.74) is 1.87. The van der Waals surface area contributed by atoms with Crippen LogP contribution in [0.5, 0.6) is 0 Å². The van der Waals surface area contributed by atoms with Gasteiger partial charge in [-0.1, -0.05) is 36.4 Å². The zero-order valence-electron chi connectivity index (χ0n) is 14.7. The highest BCUT2D eigenvalue weighted by Gasteiger charge is 2.54. The summed E-state index contributed by atoms with van der Waals surface area (Å²) >= 11 is 0. The van der Waals surface area contributed by atoms with Crippen LogP contribution in [0, 0.1) is 5.82 Å². The van der Waals surface area contributed by atoms with Crippen molar-refractivity contribution in [3.05, 3.63) is 59.9 Å². The first-order valence-corrected chi connectivity index (χ1v) is 8.84. The molecular formula is C21H23FN2O. The number of nitrogens with one attached hydrogen (secondary N) is 1. The van der Waals surface area contributed by atoms with Crippen LogP contribution in [0.1, 0.15) is 31.7 Å². The Balaban J connectivity index is 1.68. The molecule has 2 atom stereocenters. The molecule has 1 spiro atoms. The van der Waals surface area contributed by atoms with Crippen LogP contribution >= 0.6 is 0 Å². The molecule has 1 amide bonds. The molecule has 2 unspecified atom stereocenters. The molecule has 130 valence electrons. The Kier molecular flexibility index (Phi) is 3.69. The van der Waals surface area contributed by atoms with E-state index in [1.807, 2.05) is 36.2 Å². The van der Waals surface area contributed by atoms with Gasteiger partial charge in [0.05, 0.1) is 0 Å². The minimum absolute atomic E-state index is 0.196. The molecule has 0 bridgehead atoms. The minimum Gasteiger partial charge on any atom is -0.344 e. The van der Waals surface area contributed by atoms with Crippen molar-refractivity contribution >= 4 is 5.91 Å². The third-order valence-corrected chi connectivity index (χ3v) is 5.88. The number of rotatable bonds is 2. The first kappa shape index (κ1) is 16.3. The largest absolute Gasteiger partial charge is 0.344 e. The average molecular weight is 338 g/mol. The molecule has 4 rings (SSSR count). The summed E-state index contributed by atoms with van der Waals surface area (Å²) in [5.74, 6) is -0.0188. The van der Waals surface area contributed by atoms with E-state index in [4.69, 9.17) is 0 Å². The molecule has 2 aromatic rings. The van der Waals surface area contributed by atoms with Crippen LogP contribution in [0.2, 0.25) is 0 Å². The van der Waals surface area contributed by atoms with E-state index in [9.17, 15) is 9.18 Å². The van der Waals surface area contributed by atoms with Gasteiger partial charge in [0.25, 0.3) is 0 Å². The van der Waals surface area contributed by atoms with Crippen molar-refractivity contribution in [2.45, 2.75) is 37.3 Å². The fourth-order valence-corrected chi connectivity index (χ4v) is 4.34. The Bertz CT molecular complexity index is 836. The average Bonchev–Trinajstić information content (AvgIpc) is 3.11. The summed E-state index contributed by atoms with van der Waals surface area (Å²) in [6.45, 7) is 2.95. The van der Waals surface area contributed by atoms with Crippen LogP contribution in [0.15, 0.2) is 48.5 Å². The van der Waals surface area contributed by atoms with Gasteiger partial charge >= 0.3 is 0 Å². The number of benzene rings is 2. The van der Waals surface area contributed by atoms with E-state index in [0.717, 1.165) is 36.9 Å². The topological polar surface area (TPSA) is 32.3 Å². The summed E-state index contributed by atoms with van der Waals surface area (Å²) in [4.78, 5) is 14.4. The van der Waals surface area contributed by atoms with Crippen LogP contribution in [0.3, 0.4) is 0 Å². The lowest BCUT2D eigenvalue weighted by Crippen LogP contribution is -2.52. The van der Waals surface area contributed by atoms with Crippen molar-refractivity contribution in [2.75, 3.05) is 13.6 Å². The molecule has 0 aromatic heterocycles. The summed E-state index contributed by atoms with van der Waals surface area (Å²) in [6.07, 6.45) is 2.59. The highest BCUT2D eigenvalue weighted by Crippen LogP contribution is 2.43. The van der Waals surface area contributed by atoms with Gasteiger partial charge in [0.15, 0.2) is 0 Å². The standard InChI is InChI=1S/C21H23FN2O/c1-20(10-11-21(23-20)12-13-24(2)19(21)25)16-7-5-6-15(14-16)17-8-3-4-9-18(17)22/h3-9,14,23H,10-13H2,1-2H3. The number of carbonyl (C=O) groups is 1. The maximum Gasteiger partial charge on any atom is 0.242 e. The van der Waals surface area contributed by atoms with Gasteiger partial charge in [-0.05, 0) is 49.4 Å². The number of nitrogens with zero attached hydrogens (tertiary/aromatic N) is 1. The molecule has 4 heteroatoms. The van der Waals surface area contributed by atoms with Crippen LogP contribution < -0.4 is 5.32 Å². The maximum absolute atomic E-state index is 14.1. The predicted octanol–water partition coefficient (Wildman–Crippen LogP) is 3.69. The van der Waals surface area contributed by atoms with Gasteiger partial charge in [-0.2, -0.15) is 0 Å². The van der Waals surface area contributed by atoms with Crippen molar-refractivity contribution in [3.63, 3.8) is 0 Å². The van der Waals surface area contributed by atoms with E-state index >= 15 is 0 Å². The number of halogens is 1. The van der Waals surface area contributed by atoms with Gasteiger partial charge in [-0.25, -0.2) is 4.39 Å². The fourth-order valence-electron chi connectivity index (χ4n) is 4.34. The van der Waals surface area contributed by atoms with Crippen molar-refractivity contribution in [1.82, 2.24) is 10.2 Å². The third-order valence-electron chi connectivity index (χ3n) is 5.88. The molecule has 0 radical (unpaired) electrons. The van der Waals surface area contributed by atoms with Gasteiger partial charge in [0.1, 0.15) is 11.4 Å². The molecule has 2 fully saturated rings. The Morgan fingerprint density at radius 2 is 1.88 bits per heavy atom. The Morgan fingerprint density at radius 1 is 1.08 bits per heavy atom. The van der Waals surface area contributed by atoms with E-state index in [1.165, 1.54) is 6.07 Å². The zero-order valence-corrected chi connectivity index (χ0v) is 14.7. The second-order valence-electron chi connectivity index (χ2n) is 7.58. The van der Waals surface area contributed by atoms with Crippen molar-refractivity contribution in [3.8, 4) is 11.1 Å². The number of amides is 1. The highest BCUT2D eigenvalue weighted by molar-refractivity contribution is 5.89. The summed E-state index contributed by atoms with van der Waals surface area (Å²) in [5, 5.41) is 3.65. The number of hydrogen-bond acceptors (Lipinski definition) is 2. The van der Waals surface area contributed by atoms with Crippen LogP contribution in [0.4, 0.5) is 4.39 Å². The highest BCUT2D eigenvalue weighted by atomic mass is 19.1. The van der Waals surface area contributed by atoms with Gasteiger partial charge < -0.3 is 4.90 Å². The smallest absolute Gasteiger partial charge is 0.242 e. The molecule has 2 aliphatic heterocycles. The molecule has 2 heterocycles. The van der Waals surface area contributed by atoms with Crippen LogP contribution in [0.25, 0.3) is 11.1 Å². The maximum atomic E-state index is 14.1. The number of likely N-dealkylation sites (tertiary alicyclic amines) is 1. The van der Waals surface area contributed by atoms with E-state index in [0.29, 0.717) is 5.56 Å². The molecular weight excluding hydrogens is 315 g/mol. The summed E-state index contributed by atoms with van der Waals surface area (Å²) in [7, 11) is 1.87. The lowest BCUT2D eigenvalue weighted by molar-refractivity contribution is -0.131.